The summed E-state index contributed by atoms with van der Waals surface area (Å²) in [6.07, 6.45) is 2.01. The number of nitrogens with one attached hydrogen (secondary N) is 1. The number of halogens is 1. The molecule has 1 saturated heterocycles. The van der Waals surface area contributed by atoms with Gasteiger partial charge < -0.3 is 9.84 Å². The van der Waals surface area contributed by atoms with Crippen molar-refractivity contribution in [3.63, 3.8) is 0 Å². The molecule has 0 aromatic carbocycles. The van der Waals surface area contributed by atoms with Gasteiger partial charge in [0.1, 0.15) is 4.90 Å². The summed E-state index contributed by atoms with van der Waals surface area (Å²) in [6.45, 7) is 5.50. The Balaban J connectivity index is 0.00000176. The SMILES string of the molecule is CCc1noc2ncc(S(=O)(=O)N3CCN[C@H](C)C3)cc12.Cl. The molecule has 0 radical (unpaired) electrons. The number of pyridine rings is 1. The Kier molecular flexibility index (Phi) is 5.06. The van der Waals surface area contributed by atoms with Crippen LogP contribution in [0.25, 0.3) is 11.1 Å². The van der Waals surface area contributed by atoms with Gasteiger partial charge in [-0.3, -0.25) is 0 Å². The number of hydrogen-bond donors (Lipinski definition) is 1. The summed E-state index contributed by atoms with van der Waals surface area (Å²) in [5.41, 5.74) is 1.10. The maximum Gasteiger partial charge on any atom is 0.258 e. The van der Waals surface area contributed by atoms with Crippen molar-refractivity contribution in [2.45, 2.75) is 31.2 Å². The van der Waals surface area contributed by atoms with Gasteiger partial charge in [0.15, 0.2) is 0 Å². The lowest BCUT2D eigenvalue weighted by molar-refractivity contribution is 0.310. The fourth-order valence-corrected chi connectivity index (χ4v) is 4.02. The zero-order valence-electron chi connectivity index (χ0n) is 12.4. The topological polar surface area (TPSA) is 88.3 Å². The summed E-state index contributed by atoms with van der Waals surface area (Å²) in [6, 6.07) is 1.76. The van der Waals surface area contributed by atoms with Crippen LogP contribution < -0.4 is 5.32 Å². The molecule has 2 aromatic heterocycles. The highest BCUT2D eigenvalue weighted by Gasteiger charge is 2.29. The minimum Gasteiger partial charge on any atom is -0.336 e. The van der Waals surface area contributed by atoms with E-state index in [2.05, 4.69) is 15.5 Å². The van der Waals surface area contributed by atoms with Crippen LogP contribution >= 0.6 is 12.4 Å². The summed E-state index contributed by atoms with van der Waals surface area (Å²) in [4.78, 5) is 4.28. The Morgan fingerprint density at radius 3 is 2.95 bits per heavy atom. The molecule has 3 heterocycles. The first-order valence-corrected chi connectivity index (χ1v) is 8.44. The third-order valence-electron chi connectivity index (χ3n) is 3.68. The highest BCUT2D eigenvalue weighted by molar-refractivity contribution is 7.89. The molecule has 22 heavy (non-hydrogen) atoms. The normalized spacial score (nSPS) is 20.0. The quantitative estimate of drug-likeness (QED) is 0.898. The molecule has 0 amide bonds. The molecule has 1 atom stereocenters. The molecular formula is C13H19ClN4O3S. The van der Waals surface area contributed by atoms with Gasteiger partial charge in [0.25, 0.3) is 5.71 Å². The number of aryl methyl sites for hydroxylation is 1. The third kappa shape index (κ3) is 2.96. The van der Waals surface area contributed by atoms with E-state index in [9.17, 15) is 8.42 Å². The molecule has 122 valence electrons. The average molecular weight is 347 g/mol. The smallest absolute Gasteiger partial charge is 0.258 e. The summed E-state index contributed by atoms with van der Waals surface area (Å²) in [5.74, 6) is 0. The van der Waals surface area contributed by atoms with Crippen LogP contribution in [0.3, 0.4) is 0 Å². The molecule has 1 aliphatic heterocycles. The van der Waals surface area contributed by atoms with Crippen LogP contribution in [-0.2, 0) is 16.4 Å². The summed E-state index contributed by atoms with van der Waals surface area (Å²) < 4.78 is 32.0. The van der Waals surface area contributed by atoms with E-state index in [0.29, 0.717) is 37.2 Å². The molecule has 3 rings (SSSR count). The van der Waals surface area contributed by atoms with Crippen molar-refractivity contribution in [3.8, 4) is 0 Å². The number of hydrogen-bond acceptors (Lipinski definition) is 6. The fourth-order valence-electron chi connectivity index (χ4n) is 2.52. The van der Waals surface area contributed by atoms with Crippen LogP contribution in [-0.4, -0.2) is 48.5 Å². The molecule has 0 spiro atoms. The second-order valence-electron chi connectivity index (χ2n) is 5.22. The maximum atomic E-state index is 12.7. The Bertz CT molecular complexity index is 762. The van der Waals surface area contributed by atoms with E-state index in [-0.39, 0.29) is 23.3 Å². The fraction of sp³-hybridized carbons (Fsp3) is 0.538. The van der Waals surface area contributed by atoms with E-state index in [1.165, 1.54) is 10.5 Å². The number of piperazine rings is 1. The van der Waals surface area contributed by atoms with Gasteiger partial charge in [-0.25, -0.2) is 13.4 Å². The first-order chi connectivity index (χ1) is 10.0. The molecular weight excluding hydrogens is 328 g/mol. The van der Waals surface area contributed by atoms with Crippen LogP contribution in [0.15, 0.2) is 21.7 Å². The highest BCUT2D eigenvalue weighted by Crippen LogP contribution is 2.23. The number of sulfonamides is 1. The number of rotatable bonds is 3. The van der Waals surface area contributed by atoms with Crippen molar-refractivity contribution in [2.24, 2.45) is 0 Å². The Morgan fingerprint density at radius 1 is 1.50 bits per heavy atom. The van der Waals surface area contributed by atoms with E-state index in [4.69, 9.17) is 4.52 Å². The predicted molar refractivity (Wildman–Crippen MR) is 84.7 cm³/mol. The highest BCUT2D eigenvalue weighted by atomic mass is 35.5. The summed E-state index contributed by atoms with van der Waals surface area (Å²) in [7, 11) is -3.53. The van der Waals surface area contributed by atoms with Gasteiger partial charge in [-0.2, -0.15) is 4.31 Å². The van der Waals surface area contributed by atoms with E-state index >= 15 is 0 Å². The standard InChI is InChI=1S/C13H18N4O3S.ClH/c1-3-12-11-6-10(7-15-13(11)20-16-12)21(18,19)17-5-4-14-9(2)8-17;/h6-7,9,14H,3-5,8H2,1-2H3;1H/t9-;/m1./s1. The second-order valence-corrected chi connectivity index (χ2v) is 7.16. The number of aromatic nitrogens is 2. The maximum absolute atomic E-state index is 12.7. The van der Waals surface area contributed by atoms with Gasteiger partial charge >= 0.3 is 0 Å². The van der Waals surface area contributed by atoms with Gasteiger partial charge in [0.05, 0.1) is 17.3 Å². The van der Waals surface area contributed by atoms with Gasteiger partial charge in [-0.05, 0) is 19.4 Å². The Hall–Kier alpha value is -1.22. The summed E-state index contributed by atoms with van der Waals surface area (Å²) >= 11 is 0. The predicted octanol–water partition coefficient (Wildman–Crippen LogP) is 1.19. The van der Waals surface area contributed by atoms with Crippen molar-refractivity contribution >= 4 is 33.5 Å². The average Bonchev–Trinajstić information content (AvgIpc) is 2.89. The number of nitrogens with zero attached hydrogens (tertiary/aromatic N) is 3. The Morgan fingerprint density at radius 2 is 2.27 bits per heavy atom. The molecule has 1 fully saturated rings. The minimum atomic E-state index is -3.53. The second kappa shape index (κ2) is 6.49. The van der Waals surface area contributed by atoms with Crippen molar-refractivity contribution in [1.29, 1.82) is 0 Å². The third-order valence-corrected chi connectivity index (χ3v) is 5.51. The van der Waals surface area contributed by atoms with E-state index < -0.39 is 10.0 Å². The number of fused-ring (bicyclic) bond motifs is 1. The minimum absolute atomic E-state index is 0. The van der Waals surface area contributed by atoms with Crippen LogP contribution in [0.5, 0.6) is 0 Å². The molecule has 0 bridgehead atoms. The lowest BCUT2D eigenvalue weighted by atomic mass is 10.2. The molecule has 0 saturated carbocycles. The van der Waals surface area contributed by atoms with Crippen LogP contribution in [0.4, 0.5) is 0 Å². The molecule has 7 nitrogen and oxygen atoms in total. The Labute approximate surface area is 135 Å². The van der Waals surface area contributed by atoms with Crippen molar-refractivity contribution in [2.75, 3.05) is 19.6 Å². The lowest BCUT2D eigenvalue weighted by Gasteiger charge is -2.30. The molecule has 0 aliphatic carbocycles. The van der Waals surface area contributed by atoms with Crippen molar-refractivity contribution < 1.29 is 12.9 Å². The van der Waals surface area contributed by atoms with Gasteiger partial charge in [-0.1, -0.05) is 12.1 Å². The molecule has 0 unspecified atom stereocenters. The van der Waals surface area contributed by atoms with E-state index in [1.807, 2.05) is 13.8 Å². The van der Waals surface area contributed by atoms with Crippen LogP contribution in [0.2, 0.25) is 0 Å². The molecule has 1 N–H and O–H groups in total. The van der Waals surface area contributed by atoms with Gasteiger partial charge in [0, 0.05) is 25.7 Å². The van der Waals surface area contributed by atoms with Crippen LogP contribution in [0.1, 0.15) is 19.5 Å². The van der Waals surface area contributed by atoms with Crippen molar-refractivity contribution in [1.82, 2.24) is 19.8 Å². The van der Waals surface area contributed by atoms with Crippen LogP contribution in [0, 0.1) is 0 Å². The van der Waals surface area contributed by atoms with E-state index in [0.717, 1.165) is 5.69 Å². The summed E-state index contributed by atoms with van der Waals surface area (Å²) in [5, 5.41) is 7.81. The molecule has 1 aliphatic rings. The first kappa shape index (κ1) is 17.1. The van der Waals surface area contributed by atoms with Crippen molar-refractivity contribution in [3.05, 3.63) is 18.0 Å². The zero-order valence-corrected chi connectivity index (χ0v) is 14.1. The van der Waals surface area contributed by atoms with Gasteiger partial charge in [-0.15, -0.1) is 12.4 Å². The first-order valence-electron chi connectivity index (χ1n) is 7.00. The molecule has 9 heteroatoms. The van der Waals surface area contributed by atoms with Gasteiger partial charge in [0.2, 0.25) is 10.0 Å². The monoisotopic (exact) mass is 346 g/mol. The van der Waals surface area contributed by atoms with E-state index in [1.54, 1.807) is 6.07 Å². The molecule has 2 aromatic rings. The zero-order chi connectivity index (χ0) is 15.0. The lowest BCUT2D eigenvalue weighted by Crippen LogP contribution is -2.51. The largest absolute Gasteiger partial charge is 0.336 e.